The molecule has 0 aromatic heterocycles. The van der Waals surface area contributed by atoms with Gasteiger partial charge in [-0.15, -0.1) is 0 Å². The number of ether oxygens (including phenoxy) is 2. The van der Waals surface area contributed by atoms with Crippen molar-refractivity contribution in [3.8, 4) is 5.75 Å². The van der Waals surface area contributed by atoms with E-state index in [1.165, 1.54) is 20.0 Å². The number of benzene rings is 1. The van der Waals surface area contributed by atoms with Gasteiger partial charge in [-0.2, -0.15) is 0 Å². The van der Waals surface area contributed by atoms with Crippen LogP contribution in [-0.4, -0.2) is 19.2 Å². The van der Waals surface area contributed by atoms with Crippen molar-refractivity contribution in [2.24, 2.45) is 0 Å². The monoisotopic (exact) mass is 263 g/mol. The van der Waals surface area contributed by atoms with Crippen LogP contribution < -0.4 is 10.5 Å². The molecule has 1 aromatic carbocycles. The molecule has 0 aliphatic heterocycles. The summed E-state index contributed by atoms with van der Waals surface area (Å²) in [4.78, 5) is 12.2. The fraction of sp³-hybridized carbons (Fsp3) is 0.533. The van der Waals surface area contributed by atoms with E-state index in [0.717, 1.165) is 25.7 Å². The lowest BCUT2D eigenvalue weighted by atomic mass is 10.1. The number of rotatable bonds is 3. The lowest BCUT2D eigenvalue weighted by Crippen LogP contribution is -2.18. The second kappa shape index (κ2) is 6.45. The van der Waals surface area contributed by atoms with Crippen LogP contribution in [0.4, 0.5) is 5.69 Å². The normalized spacial score (nSPS) is 16.7. The first-order valence-electron chi connectivity index (χ1n) is 6.86. The summed E-state index contributed by atoms with van der Waals surface area (Å²) in [6, 6.07) is 5.16. The predicted molar refractivity (Wildman–Crippen MR) is 74.3 cm³/mol. The highest BCUT2D eigenvalue weighted by molar-refractivity contribution is 5.96. The molecule has 0 radical (unpaired) electrons. The maximum atomic E-state index is 12.2. The number of carbonyl (C=O) groups is 1. The third kappa shape index (κ3) is 3.40. The maximum absolute atomic E-state index is 12.2. The summed E-state index contributed by atoms with van der Waals surface area (Å²) in [5.41, 5.74) is 6.65. The van der Waals surface area contributed by atoms with Crippen molar-refractivity contribution in [2.45, 2.75) is 44.6 Å². The van der Waals surface area contributed by atoms with Crippen LogP contribution >= 0.6 is 0 Å². The van der Waals surface area contributed by atoms with E-state index in [1.54, 1.807) is 18.2 Å². The standard InChI is InChI=1S/C15H21NO3/c1-18-13-10-6-9-12(14(13)16)15(17)19-11-7-4-2-3-5-8-11/h6,9-11H,2-5,7-8,16H2,1H3. The van der Waals surface area contributed by atoms with Gasteiger partial charge in [-0.05, 0) is 37.8 Å². The van der Waals surface area contributed by atoms with Crippen molar-refractivity contribution in [1.82, 2.24) is 0 Å². The molecule has 2 N–H and O–H groups in total. The van der Waals surface area contributed by atoms with Crippen LogP contribution in [0.25, 0.3) is 0 Å². The van der Waals surface area contributed by atoms with Gasteiger partial charge in [-0.3, -0.25) is 0 Å². The van der Waals surface area contributed by atoms with Crippen molar-refractivity contribution in [3.05, 3.63) is 23.8 Å². The van der Waals surface area contributed by atoms with Crippen molar-refractivity contribution in [1.29, 1.82) is 0 Å². The lowest BCUT2D eigenvalue weighted by molar-refractivity contribution is 0.0268. The Morgan fingerprint density at radius 3 is 2.53 bits per heavy atom. The number of hydrogen-bond acceptors (Lipinski definition) is 4. The van der Waals surface area contributed by atoms with E-state index in [4.69, 9.17) is 15.2 Å². The van der Waals surface area contributed by atoms with Crippen LogP contribution in [0, 0.1) is 0 Å². The Labute approximate surface area is 113 Å². The zero-order valence-corrected chi connectivity index (χ0v) is 11.4. The van der Waals surface area contributed by atoms with Crippen molar-refractivity contribution >= 4 is 11.7 Å². The summed E-state index contributed by atoms with van der Waals surface area (Å²) in [5, 5.41) is 0. The second-order valence-corrected chi connectivity index (χ2v) is 4.94. The Morgan fingerprint density at radius 1 is 1.21 bits per heavy atom. The Kier molecular flexibility index (Phi) is 4.66. The minimum Gasteiger partial charge on any atom is -0.495 e. The Hall–Kier alpha value is -1.71. The smallest absolute Gasteiger partial charge is 0.340 e. The van der Waals surface area contributed by atoms with E-state index in [-0.39, 0.29) is 12.1 Å². The molecule has 19 heavy (non-hydrogen) atoms. The van der Waals surface area contributed by atoms with Gasteiger partial charge in [-0.1, -0.05) is 18.9 Å². The zero-order chi connectivity index (χ0) is 13.7. The van der Waals surface area contributed by atoms with Crippen molar-refractivity contribution < 1.29 is 14.3 Å². The lowest BCUT2D eigenvalue weighted by Gasteiger charge is -2.16. The topological polar surface area (TPSA) is 61.5 Å². The van der Waals surface area contributed by atoms with Gasteiger partial charge in [0, 0.05) is 0 Å². The minimum atomic E-state index is -0.344. The van der Waals surface area contributed by atoms with E-state index >= 15 is 0 Å². The number of esters is 1. The van der Waals surface area contributed by atoms with Gasteiger partial charge in [0.2, 0.25) is 0 Å². The van der Waals surface area contributed by atoms with Crippen LogP contribution in [0.3, 0.4) is 0 Å². The number of carbonyl (C=O) groups excluding carboxylic acids is 1. The Morgan fingerprint density at radius 2 is 1.89 bits per heavy atom. The molecule has 1 fully saturated rings. The molecule has 0 amide bonds. The molecule has 0 bridgehead atoms. The van der Waals surface area contributed by atoms with E-state index in [9.17, 15) is 4.79 Å². The number of nitrogen functional groups attached to an aromatic ring is 1. The molecule has 4 heteroatoms. The maximum Gasteiger partial charge on any atom is 0.340 e. The average molecular weight is 263 g/mol. The van der Waals surface area contributed by atoms with Crippen LogP contribution in [0.5, 0.6) is 5.75 Å². The van der Waals surface area contributed by atoms with Crippen LogP contribution in [-0.2, 0) is 4.74 Å². The molecule has 0 spiro atoms. The minimum absolute atomic E-state index is 0.0283. The summed E-state index contributed by atoms with van der Waals surface area (Å²) in [6.45, 7) is 0. The highest BCUT2D eigenvalue weighted by Gasteiger charge is 2.20. The van der Waals surface area contributed by atoms with Gasteiger partial charge in [-0.25, -0.2) is 4.79 Å². The van der Waals surface area contributed by atoms with Gasteiger partial charge in [0.25, 0.3) is 0 Å². The first kappa shape index (κ1) is 13.7. The molecule has 1 aliphatic rings. The third-order valence-corrected chi connectivity index (χ3v) is 3.58. The molecule has 2 rings (SSSR count). The largest absolute Gasteiger partial charge is 0.495 e. The number of anilines is 1. The van der Waals surface area contributed by atoms with Crippen LogP contribution in [0.2, 0.25) is 0 Å². The number of nitrogens with two attached hydrogens (primary N) is 1. The molecule has 104 valence electrons. The first-order chi connectivity index (χ1) is 9.22. The quantitative estimate of drug-likeness (QED) is 0.517. The molecule has 0 unspecified atom stereocenters. The van der Waals surface area contributed by atoms with E-state index < -0.39 is 0 Å². The summed E-state index contributed by atoms with van der Waals surface area (Å²) in [6.07, 6.45) is 6.66. The molecule has 4 nitrogen and oxygen atoms in total. The Bertz CT molecular complexity index is 437. The molecule has 0 heterocycles. The van der Waals surface area contributed by atoms with E-state index in [0.29, 0.717) is 17.0 Å². The number of para-hydroxylation sites is 1. The molecule has 1 saturated carbocycles. The zero-order valence-electron chi connectivity index (χ0n) is 11.4. The molecular weight excluding hydrogens is 242 g/mol. The van der Waals surface area contributed by atoms with Gasteiger partial charge in [0.05, 0.1) is 18.4 Å². The summed E-state index contributed by atoms with van der Waals surface area (Å²) in [7, 11) is 1.53. The van der Waals surface area contributed by atoms with Gasteiger partial charge in [0.15, 0.2) is 0 Å². The Balaban J connectivity index is 2.06. The molecule has 0 saturated heterocycles. The van der Waals surface area contributed by atoms with Crippen molar-refractivity contribution in [3.63, 3.8) is 0 Å². The predicted octanol–water partition coefficient (Wildman–Crippen LogP) is 3.16. The first-order valence-corrected chi connectivity index (χ1v) is 6.86. The fourth-order valence-corrected chi connectivity index (χ4v) is 2.47. The van der Waals surface area contributed by atoms with E-state index in [1.807, 2.05) is 0 Å². The number of hydrogen-bond donors (Lipinski definition) is 1. The SMILES string of the molecule is COc1cccc(C(=O)OC2CCCCCC2)c1N. The molecule has 1 aromatic rings. The molecule has 0 atom stereocenters. The van der Waals surface area contributed by atoms with Gasteiger partial charge in [0.1, 0.15) is 11.9 Å². The molecular formula is C15H21NO3. The molecule has 1 aliphatic carbocycles. The van der Waals surface area contributed by atoms with Gasteiger partial charge < -0.3 is 15.2 Å². The highest BCUT2D eigenvalue weighted by atomic mass is 16.5. The summed E-state index contributed by atoms with van der Waals surface area (Å²) >= 11 is 0. The van der Waals surface area contributed by atoms with Crippen LogP contribution in [0.1, 0.15) is 48.9 Å². The van der Waals surface area contributed by atoms with Crippen molar-refractivity contribution in [2.75, 3.05) is 12.8 Å². The van der Waals surface area contributed by atoms with Gasteiger partial charge >= 0.3 is 5.97 Å². The summed E-state index contributed by atoms with van der Waals surface area (Å²) < 4.78 is 10.7. The van der Waals surface area contributed by atoms with E-state index in [2.05, 4.69) is 0 Å². The highest BCUT2D eigenvalue weighted by Crippen LogP contribution is 2.27. The average Bonchev–Trinajstić information content (AvgIpc) is 2.67. The van der Waals surface area contributed by atoms with Crippen LogP contribution in [0.15, 0.2) is 18.2 Å². The summed E-state index contributed by atoms with van der Waals surface area (Å²) in [5.74, 6) is 0.165. The second-order valence-electron chi connectivity index (χ2n) is 4.94. The fourth-order valence-electron chi connectivity index (χ4n) is 2.47. The number of methoxy groups -OCH3 is 1. The third-order valence-electron chi connectivity index (χ3n) is 3.58.